The average molecular weight is 450 g/mol. The summed E-state index contributed by atoms with van der Waals surface area (Å²) < 4.78 is 24.8. The van der Waals surface area contributed by atoms with Gasteiger partial charge in [-0.25, -0.2) is 23.4 Å². The van der Waals surface area contributed by atoms with Crippen LogP contribution in [0.3, 0.4) is 0 Å². The number of amides is 1. The smallest absolute Gasteiger partial charge is 0.273 e. The van der Waals surface area contributed by atoms with Crippen LogP contribution in [0.4, 0.5) is 5.95 Å². The summed E-state index contributed by atoms with van der Waals surface area (Å²) in [5.74, 6) is 1.23. The number of anilines is 1. The molecule has 4 heterocycles. The first kappa shape index (κ1) is 21.2. The molecular formula is C20H27N5O3S2. The fourth-order valence-corrected chi connectivity index (χ4v) is 5.51. The molecule has 0 bridgehead atoms. The van der Waals surface area contributed by atoms with Gasteiger partial charge in [-0.1, -0.05) is 6.92 Å². The van der Waals surface area contributed by atoms with Gasteiger partial charge >= 0.3 is 0 Å². The maximum Gasteiger partial charge on any atom is 0.273 e. The number of aromatic nitrogens is 3. The van der Waals surface area contributed by atoms with Crippen LogP contribution >= 0.6 is 11.3 Å². The minimum atomic E-state index is -3.44. The largest absolute Gasteiger partial charge is 0.341 e. The van der Waals surface area contributed by atoms with Gasteiger partial charge in [0.25, 0.3) is 5.91 Å². The fourth-order valence-electron chi connectivity index (χ4n) is 4.15. The molecule has 162 valence electrons. The molecule has 2 fully saturated rings. The van der Waals surface area contributed by atoms with Crippen molar-refractivity contribution < 1.29 is 13.2 Å². The number of thiazole rings is 1. The molecule has 0 spiro atoms. The SMILES string of the molecule is CC1CCN(c2ncc(S(C)(=O)=O)c(C3CCN(C(=O)c4cscn4)CC3)n2)CC1. The van der Waals surface area contributed by atoms with Gasteiger partial charge < -0.3 is 9.80 Å². The van der Waals surface area contributed by atoms with E-state index in [4.69, 9.17) is 4.98 Å². The van der Waals surface area contributed by atoms with Crippen LogP contribution in [-0.4, -0.2) is 66.6 Å². The van der Waals surface area contributed by atoms with Gasteiger partial charge in [-0.05, 0) is 31.6 Å². The number of rotatable bonds is 4. The first-order chi connectivity index (χ1) is 14.3. The van der Waals surface area contributed by atoms with Crippen molar-refractivity contribution in [3.05, 3.63) is 28.5 Å². The Bertz CT molecular complexity index is 993. The summed E-state index contributed by atoms with van der Waals surface area (Å²) in [4.78, 5) is 30.0. The second-order valence-corrected chi connectivity index (χ2v) is 11.0. The van der Waals surface area contributed by atoms with Crippen LogP contribution in [0.15, 0.2) is 22.0 Å². The number of piperidine rings is 2. The lowest BCUT2D eigenvalue weighted by atomic mass is 9.93. The lowest BCUT2D eigenvalue weighted by Crippen LogP contribution is -2.38. The minimum Gasteiger partial charge on any atom is -0.341 e. The van der Waals surface area contributed by atoms with Crippen molar-refractivity contribution in [2.24, 2.45) is 5.92 Å². The zero-order valence-electron chi connectivity index (χ0n) is 17.3. The van der Waals surface area contributed by atoms with Crippen molar-refractivity contribution in [1.82, 2.24) is 19.9 Å². The highest BCUT2D eigenvalue weighted by Gasteiger charge is 2.31. The van der Waals surface area contributed by atoms with E-state index in [0.717, 1.165) is 25.9 Å². The summed E-state index contributed by atoms with van der Waals surface area (Å²) in [5.41, 5.74) is 2.73. The van der Waals surface area contributed by atoms with Crippen LogP contribution in [0.2, 0.25) is 0 Å². The predicted octanol–water partition coefficient (Wildman–Crippen LogP) is 2.59. The monoisotopic (exact) mass is 449 g/mol. The number of carbonyl (C=O) groups is 1. The van der Waals surface area contributed by atoms with E-state index >= 15 is 0 Å². The zero-order valence-corrected chi connectivity index (χ0v) is 19.0. The Morgan fingerprint density at radius 2 is 1.80 bits per heavy atom. The van der Waals surface area contributed by atoms with E-state index in [1.165, 1.54) is 23.8 Å². The molecule has 0 radical (unpaired) electrons. The molecule has 2 aliphatic rings. The minimum absolute atomic E-state index is 0.0142. The first-order valence-electron chi connectivity index (χ1n) is 10.3. The molecule has 10 heteroatoms. The third kappa shape index (κ3) is 4.49. The average Bonchev–Trinajstić information content (AvgIpc) is 3.28. The Morgan fingerprint density at radius 3 is 2.40 bits per heavy atom. The quantitative estimate of drug-likeness (QED) is 0.708. The number of likely N-dealkylation sites (tertiary alicyclic amines) is 1. The Kier molecular flexibility index (Phi) is 6.06. The lowest BCUT2D eigenvalue weighted by molar-refractivity contribution is 0.0706. The molecule has 1 amide bonds. The molecule has 0 N–H and O–H groups in total. The fraction of sp³-hybridized carbons (Fsp3) is 0.600. The Balaban J connectivity index is 1.55. The highest BCUT2D eigenvalue weighted by molar-refractivity contribution is 7.90. The molecule has 0 atom stereocenters. The summed E-state index contributed by atoms with van der Waals surface area (Å²) in [6, 6.07) is 0. The second-order valence-electron chi connectivity index (χ2n) is 8.30. The van der Waals surface area contributed by atoms with E-state index in [2.05, 4.69) is 21.8 Å². The van der Waals surface area contributed by atoms with Gasteiger partial charge in [0, 0.05) is 43.7 Å². The van der Waals surface area contributed by atoms with Gasteiger partial charge in [0.2, 0.25) is 5.95 Å². The Morgan fingerprint density at radius 1 is 1.10 bits per heavy atom. The lowest BCUT2D eigenvalue weighted by Gasteiger charge is -2.33. The van der Waals surface area contributed by atoms with Crippen LogP contribution in [0, 0.1) is 5.92 Å². The molecule has 2 saturated heterocycles. The zero-order chi connectivity index (χ0) is 21.3. The van der Waals surface area contributed by atoms with Gasteiger partial charge in [-0.3, -0.25) is 4.79 Å². The van der Waals surface area contributed by atoms with E-state index in [1.54, 1.807) is 15.8 Å². The van der Waals surface area contributed by atoms with Crippen molar-refractivity contribution in [2.75, 3.05) is 37.3 Å². The van der Waals surface area contributed by atoms with E-state index in [-0.39, 0.29) is 16.7 Å². The molecule has 2 aliphatic heterocycles. The number of carbonyl (C=O) groups excluding carboxylic acids is 1. The van der Waals surface area contributed by atoms with Crippen molar-refractivity contribution in [1.29, 1.82) is 0 Å². The van der Waals surface area contributed by atoms with Crippen molar-refractivity contribution in [2.45, 2.75) is 43.4 Å². The molecule has 2 aromatic rings. The van der Waals surface area contributed by atoms with Gasteiger partial charge in [0.15, 0.2) is 9.84 Å². The van der Waals surface area contributed by atoms with E-state index in [1.807, 2.05) is 0 Å². The van der Waals surface area contributed by atoms with Crippen molar-refractivity contribution in [3.63, 3.8) is 0 Å². The molecule has 30 heavy (non-hydrogen) atoms. The van der Waals surface area contributed by atoms with Crippen LogP contribution in [0.25, 0.3) is 0 Å². The molecule has 2 aromatic heterocycles. The highest BCUT2D eigenvalue weighted by atomic mass is 32.2. The molecule has 0 unspecified atom stereocenters. The summed E-state index contributed by atoms with van der Waals surface area (Å²) in [7, 11) is -3.44. The number of sulfone groups is 1. The normalized spacial score (nSPS) is 19.3. The Labute approximate surface area is 181 Å². The van der Waals surface area contributed by atoms with Gasteiger partial charge in [0.05, 0.1) is 17.4 Å². The molecular weight excluding hydrogens is 422 g/mol. The van der Waals surface area contributed by atoms with E-state index in [0.29, 0.717) is 49.2 Å². The van der Waals surface area contributed by atoms with Crippen LogP contribution in [-0.2, 0) is 9.84 Å². The summed E-state index contributed by atoms with van der Waals surface area (Å²) in [5, 5.41) is 1.76. The van der Waals surface area contributed by atoms with Crippen LogP contribution < -0.4 is 4.90 Å². The van der Waals surface area contributed by atoms with Gasteiger partial charge in [-0.2, -0.15) is 0 Å². The molecule has 0 saturated carbocycles. The highest BCUT2D eigenvalue weighted by Crippen LogP contribution is 2.33. The number of hydrogen-bond donors (Lipinski definition) is 0. The predicted molar refractivity (Wildman–Crippen MR) is 116 cm³/mol. The second kappa shape index (κ2) is 8.58. The van der Waals surface area contributed by atoms with E-state index in [9.17, 15) is 13.2 Å². The van der Waals surface area contributed by atoms with Gasteiger partial charge in [-0.15, -0.1) is 11.3 Å². The maximum absolute atomic E-state index is 12.6. The first-order valence-corrected chi connectivity index (χ1v) is 13.2. The summed E-state index contributed by atoms with van der Waals surface area (Å²) >= 11 is 1.40. The summed E-state index contributed by atoms with van der Waals surface area (Å²) in [6.45, 7) is 5.14. The van der Waals surface area contributed by atoms with Crippen LogP contribution in [0.1, 0.15) is 54.7 Å². The van der Waals surface area contributed by atoms with Crippen LogP contribution in [0.5, 0.6) is 0 Å². The third-order valence-corrected chi connectivity index (χ3v) is 7.76. The maximum atomic E-state index is 12.6. The van der Waals surface area contributed by atoms with Crippen molar-refractivity contribution in [3.8, 4) is 0 Å². The summed E-state index contributed by atoms with van der Waals surface area (Å²) in [6.07, 6.45) is 6.20. The number of nitrogens with zero attached hydrogens (tertiary/aromatic N) is 5. The third-order valence-electron chi connectivity index (χ3n) is 6.06. The van der Waals surface area contributed by atoms with Gasteiger partial charge in [0.1, 0.15) is 10.6 Å². The molecule has 0 aromatic carbocycles. The Hall–Kier alpha value is -2.07. The molecule has 4 rings (SSSR count). The molecule has 0 aliphatic carbocycles. The van der Waals surface area contributed by atoms with E-state index < -0.39 is 9.84 Å². The topological polar surface area (TPSA) is 96.4 Å². The molecule has 8 nitrogen and oxygen atoms in total. The van der Waals surface area contributed by atoms with Crippen molar-refractivity contribution >= 4 is 33.0 Å². The standard InChI is InChI=1S/C20H27N5O3S2/c1-14-3-7-25(8-4-14)20-21-11-17(30(2,27)28)18(23-20)15-5-9-24(10-6-15)19(26)16-12-29-13-22-16/h11-15H,3-10H2,1-2H3. The number of hydrogen-bond acceptors (Lipinski definition) is 8.